The highest BCUT2D eigenvalue weighted by molar-refractivity contribution is 6.32. The van der Waals surface area contributed by atoms with Gasteiger partial charge in [0, 0.05) is 5.56 Å². The summed E-state index contributed by atoms with van der Waals surface area (Å²) >= 11 is 6.23. The van der Waals surface area contributed by atoms with Crippen LogP contribution in [-0.2, 0) is 17.8 Å². The predicted octanol–water partition coefficient (Wildman–Crippen LogP) is 2.76. The Labute approximate surface area is 105 Å². The maximum atomic E-state index is 10.2. The second-order valence-electron chi connectivity index (χ2n) is 3.32. The van der Waals surface area contributed by atoms with Crippen molar-refractivity contribution in [1.82, 2.24) is 0 Å². The van der Waals surface area contributed by atoms with E-state index in [0.717, 1.165) is 12.0 Å². The van der Waals surface area contributed by atoms with Gasteiger partial charge in [-0.25, -0.2) is 9.79 Å². The maximum absolute atomic E-state index is 10.2. The molecule has 92 valence electrons. The summed E-state index contributed by atoms with van der Waals surface area (Å²) in [5.41, 5.74) is 1.58. The third-order valence-corrected chi connectivity index (χ3v) is 2.93. The lowest BCUT2D eigenvalue weighted by molar-refractivity contribution is 0.351. The number of benzene rings is 1. The van der Waals surface area contributed by atoms with Gasteiger partial charge in [0.25, 0.3) is 0 Å². The number of halogens is 1. The molecule has 4 nitrogen and oxygen atoms in total. The van der Waals surface area contributed by atoms with E-state index in [-0.39, 0.29) is 6.54 Å². The van der Waals surface area contributed by atoms with Crippen LogP contribution in [0.5, 0.6) is 11.5 Å². The first-order valence-corrected chi connectivity index (χ1v) is 5.53. The molecular weight excluding hydrogens is 242 g/mol. The van der Waals surface area contributed by atoms with E-state index in [0.29, 0.717) is 22.1 Å². The molecule has 0 amide bonds. The number of isocyanates is 1. The average molecular weight is 256 g/mol. The summed E-state index contributed by atoms with van der Waals surface area (Å²) in [6.07, 6.45) is 2.25. The van der Waals surface area contributed by atoms with Crippen molar-refractivity contribution in [3.05, 3.63) is 22.2 Å². The number of methoxy groups -OCH3 is 2. The fourth-order valence-electron chi connectivity index (χ4n) is 1.61. The van der Waals surface area contributed by atoms with Gasteiger partial charge >= 0.3 is 0 Å². The standard InChI is InChI=1S/C12H14ClNO3/c1-4-8-5-10(16-2)12(17-3)9(11(8)13)6-14-7-15/h5H,4,6H2,1-3H3. The van der Waals surface area contributed by atoms with Crippen molar-refractivity contribution >= 4 is 17.7 Å². The summed E-state index contributed by atoms with van der Waals surface area (Å²) in [6, 6.07) is 1.83. The molecule has 0 heterocycles. The van der Waals surface area contributed by atoms with E-state index in [1.165, 1.54) is 13.2 Å². The van der Waals surface area contributed by atoms with Crippen molar-refractivity contribution < 1.29 is 14.3 Å². The fraction of sp³-hybridized carbons (Fsp3) is 0.417. The van der Waals surface area contributed by atoms with Gasteiger partial charge in [-0.1, -0.05) is 18.5 Å². The molecule has 0 atom stereocenters. The largest absolute Gasteiger partial charge is 0.493 e. The highest BCUT2D eigenvalue weighted by Crippen LogP contribution is 2.39. The van der Waals surface area contributed by atoms with Crippen LogP contribution in [0.4, 0.5) is 0 Å². The molecule has 0 N–H and O–H groups in total. The first kappa shape index (κ1) is 13.6. The molecule has 0 radical (unpaired) electrons. The van der Waals surface area contributed by atoms with Crippen molar-refractivity contribution in [1.29, 1.82) is 0 Å². The Hall–Kier alpha value is -1.51. The van der Waals surface area contributed by atoms with E-state index >= 15 is 0 Å². The van der Waals surface area contributed by atoms with E-state index < -0.39 is 0 Å². The molecule has 0 bridgehead atoms. The van der Waals surface area contributed by atoms with Crippen LogP contribution in [0.15, 0.2) is 11.1 Å². The lowest BCUT2D eigenvalue weighted by atomic mass is 10.1. The molecule has 0 spiro atoms. The Kier molecular flexibility index (Phi) is 5.01. The molecule has 0 saturated heterocycles. The van der Waals surface area contributed by atoms with Gasteiger partial charge in [-0.3, -0.25) is 0 Å². The van der Waals surface area contributed by atoms with Crippen LogP contribution in [0.1, 0.15) is 18.1 Å². The number of rotatable bonds is 5. The molecule has 0 aromatic heterocycles. The topological polar surface area (TPSA) is 47.9 Å². The van der Waals surface area contributed by atoms with Crippen molar-refractivity contribution in [2.24, 2.45) is 4.99 Å². The van der Waals surface area contributed by atoms with Gasteiger partial charge in [0.2, 0.25) is 6.08 Å². The zero-order chi connectivity index (χ0) is 12.8. The molecule has 0 aliphatic heterocycles. The minimum atomic E-state index is 0.135. The molecule has 0 aliphatic rings. The zero-order valence-electron chi connectivity index (χ0n) is 10.0. The summed E-state index contributed by atoms with van der Waals surface area (Å²) in [5.74, 6) is 1.10. The van der Waals surface area contributed by atoms with Crippen LogP contribution >= 0.6 is 11.6 Å². The molecule has 0 saturated carbocycles. The summed E-state index contributed by atoms with van der Waals surface area (Å²) < 4.78 is 10.5. The van der Waals surface area contributed by atoms with Crippen LogP contribution in [0.2, 0.25) is 5.02 Å². The van der Waals surface area contributed by atoms with Crippen LogP contribution in [0, 0.1) is 0 Å². The molecular formula is C12H14ClNO3. The lowest BCUT2D eigenvalue weighted by Gasteiger charge is -2.15. The van der Waals surface area contributed by atoms with Crippen LogP contribution in [-0.4, -0.2) is 20.3 Å². The highest BCUT2D eigenvalue weighted by atomic mass is 35.5. The Morgan fingerprint density at radius 1 is 1.41 bits per heavy atom. The third kappa shape index (κ3) is 2.78. The number of aryl methyl sites for hydroxylation is 1. The Morgan fingerprint density at radius 2 is 2.12 bits per heavy atom. The van der Waals surface area contributed by atoms with Crippen molar-refractivity contribution in [3.8, 4) is 11.5 Å². The normalized spacial score (nSPS) is 9.65. The highest BCUT2D eigenvalue weighted by Gasteiger charge is 2.17. The average Bonchev–Trinajstić information content (AvgIpc) is 2.36. The van der Waals surface area contributed by atoms with Crippen molar-refractivity contribution in [3.63, 3.8) is 0 Å². The maximum Gasteiger partial charge on any atom is 0.235 e. The summed E-state index contributed by atoms with van der Waals surface area (Å²) in [5, 5.41) is 0.559. The van der Waals surface area contributed by atoms with Crippen molar-refractivity contribution in [2.75, 3.05) is 14.2 Å². The van der Waals surface area contributed by atoms with Crippen LogP contribution in [0.25, 0.3) is 0 Å². The number of hydrogen-bond donors (Lipinski definition) is 0. The van der Waals surface area contributed by atoms with Crippen LogP contribution < -0.4 is 9.47 Å². The molecule has 0 fully saturated rings. The summed E-state index contributed by atoms with van der Waals surface area (Å²) in [7, 11) is 3.08. The number of hydrogen-bond acceptors (Lipinski definition) is 4. The van der Waals surface area contributed by atoms with Gasteiger partial charge in [0.1, 0.15) is 0 Å². The smallest absolute Gasteiger partial charge is 0.235 e. The Bertz CT molecular complexity index is 454. The van der Waals surface area contributed by atoms with E-state index in [1.54, 1.807) is 7.11 Å². The number of carbonyl (C=O) groups excluding carboxylic acids is 1. The second kappa shape index (κ2) is 6.28. The molecule has 0 aliphatic carbocycles. The molecule has 1 aromatic rings. The first-order valence-electron chi connectivity index (χ1n) is 5.15. The van der Waals surface area contributed by atoms with Gasteiger partial charge in [-0.15, -0.1) is 0 Å². The summed E-state index contributed by atoms with van der Waals surface area (Å²) in [6.45, 7) is 2.12. The summed E-state index contributed by atoms with van der Waals surface area (Å²) in [4.78, 5) is 13.7. The fourth-order valence-corrected chi connectivity index (χ4v) is 1.95. The molecule has 5 heteroatoms. The number of ether oxygens (including phenoxy) is 2. The monoisotopic (exact) mass is 255 g/mol. The SMILES string of the molecule is CCc1cc(OC)c(OC)c(CN=C=O)c1Cl. The number of nitrogens with zero attached hydrogens (tertiary/aromatic N) is 1. The van der Waals surface area contributed by atoms with Gasteiger partial charge in [-0.2, -0.15) is 0 Å². The quantitative estimate of drug-likeness (QED) is 0.600. The van der Waals surface area contributed by atoms with Crippen LogP contribution in [0.3, 0.4) is 0 Å². The Balaban J connectivity index is 3.43. The van der Waals surface area contributed by atoms with E-state index in [2.05, 4.69) is 4.99 Å². The predicted molar refractivity (Wildman–Crippen MR) is 65.8 cm³/mol. The van der Waals surface area contributed by atoms with Crippen molar-refractivity contribution in [2.45, 2.75) is 19.9 Å². The Morgan fingerprint density at radius 3 is 2.59 bits per heavy atom. The third-order valence-electron chi connectivity index (χ3n) is 2.46. The van der Waals surface area contributed by atoms with Gasteiger partial charge in [0.05, 0.1) is 25.8 Å². The molecule has 1 aromatic carbocycles. The lowest BCUT2D eigenvalue weighted by Crippen LogP contribution is -1.99. The first-order chi connectivity index (χ1) is 8.19. The zero-order valence-corrected chi connectivity index (χ0v) is 10.8. The number of aliphatic imine (C=N–C) groups is 1. The second-order valence-corrected chi connectivity index (χ2v) is 3.70. The van der Waals surface area contributed by atoms with Gasteiger partial charge < -0.3 is 9.47 Å². The van der Waals surface area contributed by atoms with E-state index in [9.17, 15) is 4.79 Å². The molecule has 17 heavy (non-hydrogen) atoms. The minimum absolute atomic E-state index is 0.135. The molecule has 1 rings (SSSR count). The minimum Gasteiger partial charge on any atom is -0.493 e. The van der Waals surface area contributed by atoms with Gasteiger partial charge in [0.15, 0.2) is 11.5 Å². The van der Waals surface area contributed by atoms with Gasteiger partial charge in [-0.05, 0) is 18.1 Å². The van der Waals surface area contributed by atoms with E-state index in [4.69, 9.17) is 21.1 Å². The van der Waals surface area contributed by atoms with E-state index in [1.807, 2.05) is 13.0 Å². The molecule has 0 unspecified atom stereocenters.